The number of rotatable bonds is 2. The molecule has 0 bridgehead atoms. The maximum atomic E-state index is 6.26. The van der Waals surface area contributed by atoms with E-state index in [4.69, 9.17) is 11.6 Å². The highest BCUT2D eigenvalue weighted by Crippen LogP contribution is 2.33. The summed E-state index contributed by atoms with van der Waals surface area (Å²) >= 11 is 9.75. The van der Waals surface area contributed by atoms with E-state index in [-0.39, 0.29) is 5.41 Å². The van der Waals surface area contributed by atoms with Crippen LogP contribution in [0.3, 0.4) is 0 Å². The second kappa shape index (κ2) is 5.29. The number of fused-ring (bicyclic) bond motifs is 1. The molecule has 0 atom stereocenters. The van der Waals surface area contributed by atoms with Crippen molar-refractivity contribution in [3.8, 4) is 0 Å². The summed E-state index contributed by atoms with van der Waals surface area (Å²) in [6.45, 7) is 9.59. The van der Waals surface area contributed by atoms with Gasteiger partial charge in [0.05, 0.1) is 10.5 Å². The van der Waals surface area contributed by atoms with Crippen LogP contribution in [0.2, 0.25) is 5.02 Å². The van der Waals surface area contributed by atoms with Gasteiger partial charge < -0.3 is 5.32 Å². The lowest BCUT2D eigenvalue weighted by atomic mass is 9.96. The first-order valence-corrected chi connectivity index (χ1v) is 7.43. The number of nitrogens with zero attached hydrogens (tertiary/aromatic N) is 1. The number of hydrogen-bond acceptors (Lipinski definition) is 2. The van der Waals surface area contributed by atoms with Crippen LogP contribution in [-0.4, -0.2) is 11.5 Å². The summed E-state index contributed by atoms with van der Waals surface area (Å²) in [5.74, 6) is 0. The third-order valence-electron chi connectivity index (χ3n) is 2.87. The number of benzene rings is 1. The molecule has 0 fully saturated rings. The van der Waals surface area contributed by atoms with Gasteiger partial charge in [0.15, 0.2) is 0 Å². The van der Waals surface area contributed by atoms with Crippen LogP contribution in [0.15, 0.2) is 22.8 Å². The summed E-state index contributed by atoms with van der Waals surface area (Å²) in [5, 5.41) is 5.26. The maximum Gasteiger partial charge on any atom is 0.0909 e. The summed E-state index contributed by atoms with van der Waals surface area (Å²) in [6, 6.07) is 3.94. The lowest BCUT2D eigenvalue weighted by molar-refractivity contribution is 0.443. The van der Waals surface area contributed by atoms with Crippen molar-refractivity contribution in [2.75, 3.05) is 11.9 Å². The minimum absolute atomic E-state index is 0.220. The molecule has 102 valence electrons. The number of nitrogens with one attached hydrogen (secondary N) is 1. The monoisotopic (exact) mass is 340 g/mol. The van der Waals surface area contributed by atoms with Crippen LogP contribution in [0.4, 0.5) is 5.69 Å². The smallest absolute Gasteiger partial charge is 0.0909 e. The van der Waals surface area contributed by atoms with Crippen LogP contribution < -0.4 is 5.32 Å². The van der Waals surface area contributed by atoms with E-state index in [1.807, 2.05) is 12.3 Å². The fraction of sp³-hybridized carbons (Fsp3) is 0.400. The summed E-state index contributed by atoms with van der Waals surface area (Å²) in [4.78, 5) is 4.43. The molecule has 0 saturated heterocycles. The molecule has 2 aromatic rings. The SMILES string of the molecule is Cc1cnc2c(Cl)cc(Br)cc2c1NCC(C)(C)C. The molecular weight excluding hydrogens is 324 g/mol. The van der Waals surface area contributed by atoms with Crippen LogP contribution in [-0.2, 0) is 0 Å². The third-order valence-corrected chi connectivity index (χ3v) is 3.62. The van der Waals surface area contributed by atoms with Gasteiger partial charge in [0.2, 0.25) is 0 Å². The molecule has 0 unspecified atom stereocenters. The van der Waals surface area contributed by atoms with Gasteiger partial charge in [0.25, 0.3) is 0 Å². The number of hydrogen-bond donors (Lipinski definition) is 1. The van der Waals surface area contributed by atoms with Crippen LogP contribution in [0.1, 0.15) is 26.3 Å². The van der Waals surface area contributed by atoms with Gasteiger partial charge in [-0.2, -0.15) is 0 Å². The lowest BCUT2D eigenvalue weighted by Crippen LogP contribution is -2.19. The van der Waals surface area contributed by atoms with E-state index in [0.717, 1.165) is 33.2 Å². The largest absolute Gasteiger partial charge is 0.384 e. The van der Waals surface area contributed by atoms with Crippen molar-refractivity contribution in [3.63, 3.8) is 0 Å². The first kappa shape index (κ1) is 14.6. The molecule has 1 aromatic heterocycles. The van der Waals surface area contributed by atoms with Crippen molar-refractivity contribution < 1.29 is 0 Å². The predicted molar refractivity (Wildman–Crippen MR) is 87.1 cm³/mol. The Morgan fingerprint density at radius 1 is 1.32 bits per heavy atom. The molecule has 0 aliphatic rings. The third kappa shape index (κ3) is 3.40. The van der Waals surface area contributed by atoms with Crippen molar-refractivity contribution >= 4 is 44.1 Å². The van der Waals surface area contributed by atoms with Gasteiger partial charge in [-0.3, -0.25) is 4.98 Å². The maximum absolute atomic E-state index is 6.26. The molecule has 2 rings (SSSR count). The summed E-state index contributed by atoms with van der Waals surface area (Å²) in [6.07, 6.45) is 1.87. The number of aryl methyl sites for hydroxylation is 1. The van der Waals surface area contributed by atoms with Crippen LogP contribution in [0, 0.1) is 12.3 Å². The Morgan fingerprint density at radius 3 is 2.63 bits per heavy atom. The van der Waals surface area contributed by atoms with E-state index in [1.165, 1.54) is 0 Å². The van der Waals surface area contributed by atoms with E-state index in [0.29, 0.717) is 5.02 Å². The molecule has 1 aromatic carbocycles. The highest BCUT2D eigenvalue weighted by atomic mass is 79.9. The quantitative estimate of drug-likeness (QED) is 0.789. The number of pyridine rings is 1. The van der Waals surface area contributed by atoms with Gasteiger partial charge in [-0.1, -0.05) is 48.3 Å². The molecule has 4 heteroatoms. The van der Waals surface area contributed by atoms with Gasteiger partial charge in [-0.25, -0.2) is 0 Å². The Morgan fingerprint density at radius 2 is 2.00 bits per heavy atom. The normalized spacial score (nSPS) is 11.9. The molecule has 1 heterocycles. The van der Waals surface area contributed by atoms with Crippen molar-refractivity contribution in [2.24, 2.45) is 5.41 Å². The van der Waals surface area contributed by atoms with E-state index < -0.39 is 0 Å². The van der Waals surface area contributed by atoms with E-state index in [9.17, 15) is 0 Å². The average Bonchev–Trinajstić information content (AvgIpc) is 2.25. The van der Waals surface area contributed by atoms with Crippen molar-refractivity contribution in [1.29, 1.82) is 0 Å². The molecule has 0 aliphatic carbocycles. The Kier molecular flexibility index (Phi) is 4.07. The summed E-state index contributed by atoms with van der Waals surface area (Å²) in [7, 11) is 0. The second-order valence-corrected chi connectivity index (χ2v) is 7.34. The van der Waals surface area contributed by atoms with Gasteiger partial charge in [-0.15, -0.1) is 0 Å². The van der Waals surface area contributed by atoms with Gasteiger partial charge in [-0.05, 0) is 30.0 Å². The molecule has 0 spiro atoms. The molecule has 0 amide bonds. The minimum Gasteiger partial charge on any atom is -0.384 e. The summed E-state index contributed by atoms with van der Waals surface area (Å²) in [5.41, 5.74) is 3.30. The summed E-state index contributed by atoms with van der Waals surface area (Å²) < 4.78 is 0.969. The standard InChI is InChI=1S/C15H18BrClN2/c1-9-7-18-14-11(5-10(16)6-12(14)17)13(9)19-8-15(2,3)4/h5-7H,8H2,1-4H3,(H,18,19). The average molecular weight is 342 g/mol. The predicted octanol–water partition coefficient (Wildman–Crippen LogP) is 5.42. The van der Waals surface area contributed by atoms with Gasteiger partial charge in [0.1, 0.15) is 0 Å². The van der Waals surface area contributed by atoms with Crippen LogP contribution in [0.25, 0.3) is 10.9 Å². The van der Waals surface area contributed by atoms with Gasteiger partial charge in [0, 0.05) is 28.3 Å². The minimum atomic E-state index is 0.220. The molecule has 19 heavy (non-hydrogen) atoms. The molecule has 0 saturated carbocycles. The highest BCUT2D eigenvalue weighted by Gasteiger charge is 2.14. The number of aromatic nitrogens is 1. The first-order valence-electron chi connectivity index (χ1n) is 6.26. The first-order chi connectivity index (χ1) is 8.78. The Bertz CT molecular complexity index is 618. The Labute approximate surface area is 127 Å². The second-order valence-electron chi connectivity index (χ2n) is 6.01. The number of anilines is 1. The van der Waals surface area contributed by atoms with E-state index in [1.54, 1.807) is 0 Å². The van der Waals surface area contributed by atoms with Crippen molar-refractivity contribution in [1.82, 2.24) is 4.98 Å². The topological polar surface area (TPSA) is 24.9 Å². The highest BCUT2D eigenvalue weighted by molar-refractivity contribution is 9.10. The van der Waals surface area contributed by atoms with Crippen LogP contribution in [0.5, 0.6) is 0 Å². The van der Waals surface area contributed by atoms with Crippen LogP contribution >= 0.6 is 27.5 Å². The van der Waals surface area contributed by atoms with E-state index >= 15 is 0 Å². The van der Waals surface area contributed by atoms with E-state index in [2.05, 4.69) is 60.0 Å². The molecule has 0 aliphatic heterocycles. The lowest BCUT2D eigenvalue weighted by Gasteiger charge is -2.21. The molecule has 0 radical (unpaired) electrons. The Hall–Kier alpha value is -0.800. The zero-order valence-corrected chi connectivity index (χ0v) is 14.0. The molecule has 1 N–H and O–H groups in total. The van der Waals surface area contributed by atoms with Gasteiger partial charge >= 0.3 is 0 Å². The zero-order chi connectivity index (χ0) is 14.2. The number of halogens is 2. The Balaban J connectivity index is 2.55. The van der Waals surface area contributed by atoms with Crippen molar-refractivity contribution in [3.05, 3.63) is 33.4 Å². The fourth-order valence-electron chi connectivity index (χ4n) is 1.91. The molecular formula is C15H18BrClN2. The van der Waals surface area contributed by atoms with Crippen molar-refractivity contribution in [2.45, 2.75) is 27.7 Å². The zero-order valence-electron chi connectivity index (χ0n) is 11.6. The molecule has 2 nitrogen and oxygen atoms in total. The fourth-order valence-corrected chi connectivity index (χ4v) is 2.77.